The van der Waals surface area contributed by atoms with E-state index in [4.69, 9.17) is 14.2 Å². The monoisotopic (exact) mass is 875 g/mol. The predicted octanol–water partition coefficient (Wildman–Crippen LogP) is 17.0. The van der Waals surface area contributed by atoms with Gasteiger partial charge in [0.25, 0.3) is 0 Å². The average Bonchev–Trinajstić information content (AvgIpc) is 3.28. The lowest BCUT2D eigenvalue weighted by Gasteiger charge is -2.18. The van der Waals surface area contributed by atoms with Crippen LogP contribution in [0.2, 0.25) is 0 Å². The van der Waals surface area contributed by atoms with Gasteiger partial charge in [-0.1, -0.05) is 214 Å². The highest BCUT2D eigenvalue weighted by Crippen LogP contribution is 2.14. The van der Waals surface area contributed by atoms with Gasteiger partial charge in [-0.3, -0.25) is 14.4 Å². The summed E-state index contributed by atoms with van der Waals surface area (Å²) >= 11 is 0. The van der Waals surface area contributed by atoms with Crippen LogP contribution in [0.1, 0.15) is 226 Å². The van der Waals surface area contributed by atoms with E-state index in [2.05, 4.69) is 93.7 Å². The highest BCUT2D eigenvalue weighted by molar-refractivity contribution is 5.71. The van der Waals surface area contributed by atoms with Crippen molar-refractivity contribution < 1.29 is 28.6 Å². The molecule has 0 aliphatic carbocycles. The van der Waals surface area contributed by atoms with Crippen LogP contribution >= 0.6 is 0 Å². The number of carbonyl (C=O) groups excluding carboxylic acids is 3. The Morgan fingerprint density at radius 3 is 1.24 bits per heavy atom. The molecule has 0 aromatic heterocycles. The highest BCUT2D eigenvalue weighted by atomic mass is 16.6. The zero-order valence-corrected chi connectivity index (χ0v) is 40.8. The summed E-state index contributed by atoms with van der Waals surface area (Å²) in [5.74, 6) is -0.995. The number of hydrogen-bond acceptors (Lipinski definition) is 6. The van der Waals surface area contributed by atoms with E-state index < -0.39 is 6.10 Å². The van der Waals surface area contributed by atoms with Crippen molar-refractivity contribution in [3.8, 4) is 0 Å². The minimum atomic E-state index is -0.812. The fourth-order valence-electron chi connectivity index (χ4n) is 6.82. The summed E-state index contributed by atoms with van der Waals surface area (Å²) < 4.78 is 16.7. The Kier molecular flexibility index (Phi) is 48.0. The van der Waals surface area contributed by atoms with E-state index in [0.29, 0.717) is 12.8 Å². The van der Waals surface area contributed by atoms with Crippen LogP contribution in [0, 0.1) is 0 Å². The highest BCUT2D eigenvalue weighted by Gasteiger charge is 2.19. The quantitative estimate of drug-likeness (QED) is 0.0199. The van der Waals surface area contributed by atoms with E-state index in [1.807, 2.05) is 24.3 Å². The minimum absolute atomic E-state index is 0.106. The number of hydrogen-bond donors (Lipinski definition) is 0. The van der Waals surface area contributed by atoms with Gasteiger partial charge in [0.15, 0.2) is 6.10 Å². The molecule has 6 heteroatoms. The summed E-state index contributed by atoms with van der Waals surface area (Å²) in [6, 6.07) is 0. The van der Waals surface area contributed by atoms with Gasteiger partial charge in [0.1, 0.15) is 13.2 Å². The molecule has 0 saturated carbocycles. The van der Waals surface area contributed by atoms with Crippen molar-refractivity contribution in [3.05, 3.63) is 97.2 Å². The second-order valence-electron chi connectivity index (χ2n) is 16.8. The van der Waals surface area contributed by atoms with Gasteiger partial charge in [0, 0.05) is 19.3 Å². The summed E-state index contributed by atoms with van der Waals surface area (Å²) in [5, 5.41) is 0. The van der Waals surface area contributed by atoms with Gasteiger partial charge in [0.05, 0.1) is 0 Å². The Labute approximate surface area is 387 Å². The molecule has 0 aromatic carbocycles. The fourth-order valence-corrected chi connectivity index (χ4v) is 6.82. The van der Waals surface area contributed by atoms with Crippen molar-refractivity contribution in [1.29, 1.82) is 0 Å². The molecule has 6 nitrogen and oxygen atoms in total. The molecule has 0 radical (unpaired) electrons. The van der Waals surface area contributed by atoms with Crippen LogP contribution in [0.4, 0.5) is 0 Å². The van der Waals surface area contributed by atoms with Crippen LogP contribution in [0.25, 0.3) is 0 Å². The molecule has 0 bridgehead atoms. The molecule has 0 heterocycles. The van der Waals surface area contributed by atoms with Crippen molar-refractivity contribution in [1.82, 2.24) is 0 Å². The van der Waals surface area contributed by atoms with Gasteiger partial charge in [-0.25, -0.2) is 0 Å². The van der Waals surface area contributed by atoms with Gasteiger partial charge in [-0.2, -0.15) is 0 Å². The smallest absolute Gasteiger partial charge is 0.306 e. The summed E-state index contributed by atoms with van der Waals surface area (Å²) in [7, 11) is 0. The van der Waals surface area contributed by atoms with E-state index in [-0.39, 0.29) is 44.0 Å². The Bertz CT molecular complexity index is 1280. The summed E-state index contributed by atoms with van der Waals surface area (Å²) in [6.45, 7) is 6.30. The molecule has 0 aromatic rings. The molecule has 0 saturated heterocycles. The molecule has 0 spiro atoms. The number of esters is 3. The van der Waals surface area contributed by atoms with Crippen LogP contribution in [0.5, 0.6) is 0 Å². The molecule has 0 fully saturated rings. The van der Waals surface area contributed by atoms with Crippen LogP contribution in [0.15, 0.2) is 97.2 Å². The van der Waals surface area contributed by atoms with Crippen molar-refractivity contribution >= 4 is 17.9 Å². The topological polar surface area (TPSA) is 78.9 Å². The van der Waals surface area contributed by atoms with Gasteiger partial charge >= 0.3 is 17.9 Å². The molecular weight excluding hydrogens is 781 g/mol. The first kappa shape index (κ1) is 59.3. The van der Waals surface area contributed by atoms with Gasteiger partial charge in [-0.05, 0) is 89.9 Å². The van der Waals surface area contributed by atoms with E-state index in [9.17, 15) is 14.4 Å². The summed E-state index contributed by atoms with van der Waals surface area (Å²) in [6.07, 6.45) is 66.9. The lowest BCUT2D eigenvalue weighted by Crippen LogP contribution is -2.30. The zero-order valence-electron chi connectivity index (χ0n) is 40.8. The lowest BCUT2D eigenvalue weighted by atomic mass is 10.1. The number of ether oxygens (including phenoxy) is 3. The van der Waals surface area contributed by atoms with Gasteiger partial charge in [-0.15, -0.1) is 0 Å². The second kappa shape index (κ2) is 51.0. The molecule has 0 N–H and O–H groups in total. The van der Waals surface area contributed by atoms with Gasteiger partial charge < -0.3 is 14.2 Å². The number of unbranched alkanes of at least 4 members (excludes halogenated alkanes) is 21. The molecular formula is C57H94O6. The zero-order chi connectivity index (χ0) is 45.8. The predicted molar refractivity (Wildman–Crippen MR) is 270 cm³/mol. The Morgan fingerprint density at radius 1 is 0.349 bits per heavy atom. The summed E-state index contributed by atoms with van der Waals surface area (Å²) in [4.78, 5) is 37.9. The van der Waals surface area contributed by atoms with Crippen LogP contribution in [0.3, 0.4) is 0 Å². The van der Waals surface area contributed by atoms with Crippen molar-refractivity contribution in [2.75, 3.05) is 13.2 Å². The SMILES string of the molecule is CC\C=C/C=C\C=C/C=C\CCCCCCCC(=O)OC(COC(=O)CCC/C=C\C/C=C\C/C=C\CC)COC(=O)CCCCCCCCC/C=C\CCCCCCCCCC. The molecule has 0 amide bonds. The van der Waals surface area contributed by atoms with Crippen molar-refractivity contribution in [2.24, 2.45) is 0 Å². The van der Waals surface area contributed by atoms with Crippen LogP contribution < -0.4 is 0 Å². The van der Waals surface area contributed by atoms with E-state index >= 15 is 0 Å². The first-order valence-electron chi connectivity index (χ1n) is 25.8. The summed E-state index contributed by atoms with van der Waals surface area (Å²) in [5.41, 5.74) is 0. The van der Waals surface area contributed by atoms with E-state index in [1.54, 1.807) is 0 Å². The Morgan fingerprint density at radius 2 is 0.714 bits per heavy atom. The molecule has 358 valence electrons. The first-order chi connectivity index (χ1) is 31.0. The van der Waals surface area contributed by atoms with Crippen LogP contribution in [-0.4, -0.2) is 37.2 Å². The number of rotatable bonds is 45. The third-order valence-electron chi connectivity index (χ3n) is 10.6. The molecule has 0 aliphatic heterocycles. The van der Waals surface area contributed by atoms with Crippen molar-refractivity contribution in [3.63, 3.8) is 0 Å². The Hall–Kier alpha value is -3.67. The standard InChI is InChI=1S/C57H94O6/c1-4-7-10-13-16-19-22-24-26-27-28-29-31-32-35-38-41-44-47-50-56(59)62-53-54(52-61-55(58)49-46-43-40-37-34-21-18-15-12-9-6-3)63-57(60)51-48-45-42-39-36-33-30-25-23-20-17-14-11-8-5-2/h8-9,11-12,14,17-18,20-21,23,25,27-28,30,37,40,54H,4-7,10,13,15-16,19,22,24,26,29,31-36,38-39,41-53H2,1-3H3/b11-8-,12-9-,17-14-,21-18-,23-20-,28-27-,30-25-,40-37-. The normalized spacial score (nSPS) is 12.9. The molecule has 0 aliphatic rings. The lowest BCUT2D eigenvalue weighted by molar-refractivity contribution is -0.167. The maximum absolute atomic E-state index is 12.8. The van der Waals surface area contributed by atoms with Gasteiger partial charge in [0.2, 0.25) is 0 Å². The largest absolute Gasteiger partial charge is 0.462 e. The number of carbonyl (C=O) groups is 3. The molecule has 1 atom stereocenters. The maximum Gasteiger partial charge on any atom is 0.306 e. The van der Waals surface area contributed by atoms with Crippen LogP contribution in [-0.2, 0) is 28.6 Å². The number of allylic oxidation sites excluding steroid dienone is 16. The molecule has 63 heavy (non-hydrogen) atoms. The maximum atomic E-state index is 12.8. The minimum Gasteiger partial charge on any atom is -0.462 e. The van der Waals surface area contributed by atoms with E-state index in [1.165, 1.54) is 89.9 Å². The third-order valence-corrected chi connectivity index (χ3v) is 10.6. The van der Waals surface area contributed by atoms with E-state index in [0.717, 1.165) is 89.9 Å². The average molecular weight is 875 g/mol. The molecule has 1 unspecified atom stereocenters. The fraction of sp³-hybridized carbons (Fsp3) is 0.667. The first-order valence-corrected chi connectivity index (χ1v) is 25.8. The molecule has 0 rings (SSSR count). The second-order valence-corrected chi connectivity index (χ2v) is 16.8. The third kappa shape index (κ3) is 49.2. The Balaban J connectivity index is 4.43. The van der Waals surface area contributed by atoms with Crippen molar-refractivity contribution in [2.45, 2.75) is 232 Å².